The molecule has 3 aromatic rings. The minimum absolute atomic E-state index is 0.0624. The van der Waals surface area contributed by atoms with E-state index in [1.54, 1.807) is 30.3 Å². The molecular formula is C25H27N9O3. The van der Waals surface area contributed by atoms with Crippen LogP contribution in [-0.2, 0) is 0 Å². The second-order valence-corrected chi connectivity index (χ2v) is 9.05. The number of carbonyl (C=O) groups is 1. The fraction of sp³-hybridized carbons (Fsp3) is 0.400. The summed E-state index contributed by atoms with van der Waals surface area (Å²) in [6.07, 6.45) is 8.08. The topological polar surface area (TPSA) is 144 Å². The van der Waals surface area contributed by atoms with Crippen molar-refractivity contribution in [3.63, 3.8) is 0 Å². The molecule has 0 aliphatic carbocycles. The number of aromatic amines is 1. The highest BCUT2D eigenvalue weighted by atomic mass is 16.5. The van der Waals surface area contributed by atoms with E-state index in [9.17, 15) is 9.59 Å². The average Bonchev–Trinajstić information content (AvgIpc) is 3.42. The van der Waals surface area contributed by atoms with Gasteiger partial charge in [0.1, 0.15) is 18.5 Å². The van der Waals surface area contributed by atoms with Gasteiger partial charge in [-0.2, -0.15) is 10.4 Å². The van der Waals surface area contributed by atoms with E-state index in [-0.39, 0.29) is 23.2 Å². The first-order valence-electron chi connectivity index (χ1n) is 12.2. The summed E-state index contributed by atoms with van der Waals surface area (Å²) in [4.78, 5) is 44.0. The van der Waals surface area contributed by atoms with Gasteiger partial charge in [0.25, 0.3) is 11.5 Å². The van der Waals surface area contributed by atoms with Crippen molar-refractivity contribution < 1.29 is 9.53 Å². The lowest BCUT2D eigenvalue weighted by Gasteiger charge is -2.35. The summed E-state index contributed by atoms with van der Waals surface area (Å²) in [6, 6.07) is 5.69. The third-order valence-electron chi connectivity index (χ3n) is 6.79. The van der Waals surface area contributed by atoms with Crippen LogP contribution in [0, 0.1) is 18.3 Å². The number of nitriles is 1. The molecule has 0 spiro atoms. The first-order chi connectivity index (χ1) is 18.0. The fourth-order valence-corrected chi connectivity index (χ4v) is 4.71. The number of hydrogen-bond donors (Lipinski definition) is 1. The highest BCUT2D eigenvalue weighted by molar-refractivity contribution is 5.92. The van der Waals surface area contributed by atoms with Crippen molar-refractivity contribution in [1.82, 2.24) is 30.0 Å². The monoisotopic (exact) mass is 501 g/mol. The molecule has 0 bridgehead atoms. The number of anilines is 2. The second-order valence-electron chi connectivity index (χ2n) is 9.05. The van der Waals surface area contributed by atoms with Crippen LogP contribution in [0.15, 0.2) is 41.7 Å². The highest BCUT2D eigenvalue weighted by Crippen LogP contribution is 2.26. The Bertz CT molecular complexity index is 1360. The van der Waals surface area contributed by atoms with Crippen LogP contribution in [0.4, 0.5) is 11.5 Å². The zero-order valence-electron chi connectivity index (χ0n) is 20.5. The minimum Gasteiger partial charge on any atom is -0.474 e. The van der Waals surface area contributed by atoms with E-state index < -0.39 is 0 Å². The predicted molar refractivity (Wildman–Crippen MR) is 135 cm³/mol. The van der Waals surface area contributed by atoms with Gasteiger partial charge in [-0.1, -0.05) is 0 Å². The van der Waals surface area contributed by atoms with Crippen molar-refractivity contribution in [2.75, 3.05) is 49.1 Å². The molecule has 0 aromatic carbocycles. The van der Waals surface area contributed by atoms with Crippen molar-refractivity contribution in [2.45, 2.75) is 25.8 Å². The quantitative estimate of drug-likeness (QED) is 0.522. The summed E-state index contributed by atoms with van der Waals surface area (Å²) < 4.78 is 5.95. The molecule has 1 amide bonds. The van der Waals surface area contributed by atoms with Gasteiger partial charge in [-0.15, -0.1) is 0 Å². The van der Waals surface area contributed by atoms with Gasteiger partial charge in [0.05, 0.1) is 35.9 Å². The zero-order chi connectivity index (χ0) is 25.8. The van der Waals surface area contributed by atoms with Crippen molar-refractivity contribution in [2.24, 2.45) is 0 Å². The number of aromatic nitrogens is 5. The Hall–Kier alpha value is -4.53. The lowest BCUT2D eigenvalue weighted by Crippen LogP contribution is -2.49. The van der Waals surface area contributed by atoms with Gasteiger partial charge in [-0.25, -0.2) is 15.1 Å². The number of amides is 1. The van der Waals surface area contributed by atoms with E-state index >= 15 is 0 Å². The second kappa shape index (κ2) is 10.6. The molecule has 12 nitrogen and oxygen atoms in total. The Morgan fingerprint density at radius 1 is 1.16 bits per heavy atom. The summed E-state index contributed by atoms with van der Waals surface area (Å²) in [5, 5.41) is 15.4. The predicted octanol–water partition coefficient (Wildman–Crippen LogP) is 1.15. The average molecular weight is 502 g/mol. The van der Waals surface area contributed by atoms with Crippen LogP contribution in [0.25, 0.3) is 0 Å². The molecule has 0 unspecified atom stereocenters. The normalized spacial score (nSPS) is 17.5. The van der Waals surface area contributed by atoms with Gasteiger partial charge in [-0.05, 0) is 31.9 Å². The molecule has 190 valence electrons. The maximum Gasteiger partial charge on any atom is 0.274 e. The van der Waals surface area contributed by atoms with E-state index in [2.05, 4.69) is 41.0 Å². The third kappa shape index (κ3) is 5.20. The van der Waals surface area contributed by atoms with Gasteiger partial charge in [0.2, 0.25) is 5.88 Å². The number of carbonyl (C=O) groups excluding carboxylic acids is 1. The molecule has 0 radical (unpaired) electrons. The Labute approximate surface area is 213 Å². The number of nitrogens with one attached hydrogen (secondary N) is 1. The fourth-order valence-electron chi connectivity index (χ4n) is 4.71. The molecule has 1 atom stereocenters. The van der Waals surface area contributed by atoms with E-state index in [1.807, 2.05) is 6.07 Å². The van der Waals surface area contributed by atoms with Crippen LogP contribution < -0.4 is 20.1 Å². The summed E-state index contributed by atoms with van der Waals surface area (Å²) in [5.41, 5.74) is 1.99. The maximum atomic E-state index is 13.1. The molecule has 1 N–H and O–H groups in total. The highest BCUT2D eigenvalue weighted by Gasteiger charge is 2.28. The number of piperazine rings is 1. The number of ether oxygens (including phenoxy) is 1. The Morgan fingerprint density at radius 2 is 2.00 bits per heavy atom. The molecule has 5 heterocycles. The van der Waals surface area contributed by atoms with Gasteiger partial charge in [-0.3, -0.25) is 14.6 Å². The largest absolute Gasteiger partial charge is 0.474 e. The third-order valence-corrected chi connectivity index (χ3v) is 6.79. The minimum atomic E-state index is -0.199. The molecule has 0 saturated carbocycles. The first-order valence-corrected chi connectivity index (χ1v) is 12.2. The molecule has 2 aliphatic rings. The van der Waals surface area contributed by atoms with Crippen LogP contribution in [-0.4, -0.2) is 81.3 Å². The smallest absolute Gasteiger partial charge is 0.274 e. The number of rotatable bonds is 6. The SMILES string of the molecule is Cc1c(N2CCC[C@H]2COc2cncc(C(=O)N3CCN(c4ccc(C#N)cn4)CC3)n2)cn[nH]c1=O. The molecule has 12 heteroatoms. The molecule has 3 aromatic heterocycles. The van der Waals surface area contributed by atoms with Gasteiger partial charge < -0.3 is 19.4 Å². The van der Waals surface area contributed by atoms with Crippen molar-refractivity contribution in [3.8, 4) is 11.9 Å². The van der Waals surface area contributed by atoms with Gasteiger partial charge in [0.15, 0.2) is 5.69 Å². The molecule has 2 aliphatic heterocycles. The molecule has 2 saturated heterocycles. The maximum absolute atomic E-state index is 13.1. The summed E-state index contributed by atoms with van der Waals surface area (Å²) in [7, 11) is 0. The summed E-state index contributed by atoms with van der Waals surface area (Å²) >= 11 is 0. The first kappa shape index (κ1) is 24.2. The number of nitrogens with zero attached hydrogens (tertiary/aromatic N) is 8. The van der Waals surface area contributed by atoms with E-state index in [0.717, 1.165) is 30.9 Å². The molecule has 2 fully saturated rings. The van der Waals surface area contributed by atoms with Crippen molar-refractivity contribution in [3.05, 3.63) is 64.1 Å². The van der Waals surface area contributed by atoms with Crippen LogP contribution in [0.1, 0.15) is 34.5 Å². The van der Waals surface area contributed by atoms with Crippen LogP contribution in [0.2, 0.25) is 0 Å². The lowest BCUT2D eigenvalue weighted by atomic mass is 10.2. The van der Waals surface area contributed by atoms with Crippen molar-refractivity contribution >= 4 is 17.4 Å². The number of H-pyrrole nitrogens is 1. The Morgan fingerprint density at radius 3 is 2.76 bits per heavy atom. The van der Waals surface area contributed by atoms with E-state index in [1.165, 1.54) is 12.4 Å². The van der Waals surface area contributed by atoms with Crippen LogP contribution >= 0.6 is 0 Å². The van der Waals surface area contributed by atoms with Gasteiger partial charge in [0, 0.05) is 44.5 Å². The summed E-state index contributed by atoms with van der Waals surface area (Å²) in [5.74, 6) is 0.880. The molecular weight excluding hydrogens is 474 g/mol. The standard InChI is InChI=1S/C25H27N9O3/c1-17-21(14-29-31-24(17)35)34-6-2-3-19(34)16-37-23-15-27-13-20(30-23)25(36)33-9-7-32(8-10-33)22-5-4-18(11-26)12-28-22/h4-5,12-15,19H,2-3,6-10,16H2,1H3,(H,31,35)/t19-/m0/s1. The van der Waals surface area contributed by atoms with E-state index in [4.69, 9.17) is 10.00 Å². The number of hydrogen-bond acceptors (Lipinski definition) is 10. The van der Waals surface area contributed by atoms with Crippen molar-refractivity contribution in [1.29, 1.82) is 5.26 Å². The Kier molecular flexibility index (Phi) is 6.93. The van der Waals surface area contributed by atoms with E-state index in [0.29, 0.717) is 49.8 Å². The zero-order valence-corrected chi connectivity index (χ0v) is 20.5. The lowest BCUT2D eigenvalue weighted by molar-refractivity contribution is 0.0738. The summed E-state index contributed by atoms with van der Waals surface area (Å²) in [6.45, 7) is 5.25. The Balaban J connectivity index is 1.18. The van der Waals surface area contributed by atoms with Crippen LogP contribution in [0.5, 0.6) is 5.88 Å². The van der Waals surface area contributed by atoms with Crippen LogP contribution in [0.3, 0.4) is 0 Å². The molecule has 5 rings (SSSR count). The van der Waals surface area contributed by atoms with Gasteiger partial charge >= 0.3 is 0 Å². The molecule has 37 heavy (non-hydrogen) atoms. The number of pyridine rings is 1.